The van der Waals surface area contributed by atoms with Gasteiger partial charge in [0.2, 0.25) is 5.88 Å². The van der Waals surface area contributed by atoms with Crippen molar-refractivity contribution < 1.29 is 22.7 Å². The number of nitrogens with one attached hydrogen (secondary N) is 1. The number of halogens is 3. The third kappa shape index (κ3) is 5.04. The maximum Gasteiger partial charge on any atom is 0.422 e. The summed E-state index contributed by atoms with van der Waals surface area (Å²) in [6.07, 6.45) is -1.06. The van der Waals surface area contributed by atoms with Crippen LogP contribution in [0.3, 0.4) is 0 Å². The van der Waals surface area contributed by atoms with Crippen LogP contribution in [-0.4, -0.2) is 41.7 Å². The Morgan fingerprint density at radius 3 is 2.68 bits per heavy atom. The summed E-state index contributed by atoms with van der Waals surface area (Å²) in [6.45, 7) is 0.179. The number of pyridine rings is 2. The predicted octanol–water partition coefficient (Wildman–Crippen LogP) is 4.10. The lowest BCUT2D eigenvalue weighted by Gasteiger charge is -2.20. The summed E-state index contributed by atoms with van der Waals surface area (Å²) in [4.78, 5) is 23.7. The quantitative estimate of drug-likeness (QED) is 0.638. The lowest BCUT2D eigenvalue weighted by Crippen LogP contribution is -2.28. The third-order valence-electron chi connectivity index (χ3n) is 5.02. The number of ether oxygens (including phenoxy) is 1. The van der Waals surface area contributed by atoms with Gasteiger partial charge in [0.15, 0.2) is 6.61 Å². The van der Waals surface area contributed by atoms with Gasteiger partial charge in [-0.15, -0.1) is 0 Å². The van der Waals surface area contributed by atoms with Crippen LogP contribution >= 0.6 is 0 Å². The van der Waals surface area contributed by atoms with Crippen LogP contribution in [0.4, 0.5) is 19.0 Å². The van der Waals surface area contributed by atoms with Crippen molar-refractivity contribution in [3.8, 4) is 5.88 Å². The van der Waals surface area contributed by atoms with E-state index >= 15 is 0 Å². The van der Waals surface area contributed by atoms with Crippen molar-refractivity contribution in [1.29, 1.82) is 0 Å². The molecular formula is C22H21F3N4O2. The minimum atomic E-state index is -4.47. The fourth-order valence-corrected chi connectivity index (χ4v) is 3.55. The predicted molar refractivity (Wildman–Crippen MR) is 110 cm³/mol. The molecule has 0 unspecified atom stereocenters. The minimum absolute atomic E-state index is 0.0217. The number of benzene rings is 1. The summed E-state index contributed by atoms with van der Waals surface area (Å²) in [5, 5.41) is 3.61. The first kappa shape index (κ1) is 20.9. The van der Waals surface area contributed by atoms with Crippen molar-refractivity contribution in [2.45, 2.75) is 25.6 Å². The van der Waals surface area contributed by atoms with Gasteiger partial charge in [0, 0.05) is 36.8 Å². The normalized spacial score (nSPS) is 14.1. The van der Waals surface area contributed by atoms with Crippen molar-refractivity contribution in [1.82, 2.24) is 15.3 Å². The number of aromatic nitrogens is 2. The van der Waals surface area contributed by atoms with Crippen molar-refractivity contribution in [3.63, 3.8) is 0 Å². The number of nitrogens with zero attached hydrogens (tertiary/aromatic N) is 3. The molecule has 1 fully saturated rings. The average molecular weight is 430 g/mol. The summed E-state index contributed by atoms with van der Waals surface area (Å²) in [5.74, 6) is 0.107. The zero-order valence-electron chi connectivity index (χ0n) is 16.7. The number of carbonyl (C=O) groups excluding carboxylic acids is 1. The monoisotopic (exact) mass is 430 g/mol. The molecule has 0 aliphatic carbocycles. The van der Waals surface area contributed by atoms with Crippen molar-refractivity contribution in [2.24, 2.45) is 0 Å². The number of fused-ring (bicyclic) bond motifs is 1. The number of para-hydroxylation sites is 1. The maximum atomic E-state index is 13.0. The van der Waals surface area contributed by atoms with Crippen LogP contribution in [0.15, 0.2) is 48.7 Å². The molecule has 1 aliphatic rings. The Balaban J connectivity index is 1.56. The number of hydrogen-bond acceptors (Lipinski definition) is 5. The molecule has 3 aromatic rings. The average Bonchev–Trinajstić information content (AvgIpc) is 3.30. The Hall–Kier alpha value is -3.36. The van der Waals surface area contributed by atoms with Gasteiger partial charge in [-0.05, 0) is 31.0 Å². The van der Waals surface area contributed by atoms with Crippen LogP contribution in [0.5, 0.6) is 5.88 Å². The first-order chi connectivity index (χ1) is 14.9. The molecule has 0 saturated carbocycles. The van der Waals surface area contributed by atoms with Crippen LogP contribution in [0.25, 0.3) is 10.9 Å². The van der Waals surface area contributed by atoms with Crippen LogP contribution in [-0.2, 0) is 6.54 Å². The summed E-state index contributed by atoms with van der Waals surface area (Å²) in [5.41, 5.74) is 1.59. The Bertz CT molecular complexity index is 1080. The van der Waals surface area contributed by atoms with E-state index in [1.165, 1.54) is 6.20 Å². The smallest absolute Gasteiger partial charge is 0.422 e. The van der Waals surface area contributed by atoms with Gasteiger partial charge in [0.1, 0.15) is 5.82 Å². The molecule has 1 N–H and O–H groups in total. The molecule has 0 bridgehead atoms. The van der Waals surface area contributed by atoms with Gasteiger partial charge in [-0.2, -0.15) is 13.2 Å². The molecule has 2 aromatic heterocycles. The van der Waals surface area contributed by atoms with Crippen LogP contribution in [0, 0.1) is 0 Å². The van der Waals surface area contributed by atoms with Gasteiger partial charge in [0.25, 0.3) is 5.91 Å². The number of alkyl halides is 3. The Kier molecular flexibility index (Phi) is 5.92. The zero-order valence-corrected chi connectivity index (χ0v) is 16.7. The van der Waals surface area contributed by atoms with E-state index < -0.39 is 12.8 Å². The van der Waals surface area contributed by atoms with E-state index in [2.05, 4.69) is 15.2 Å². The van der Waals surface area contributed by atoms with Crippen LogP contribution in [0.2, 0.25) is 0 Å². The van der Waals surface area contributed by atoms with E-state index in [0.29, 0.717) is 16.9 Å². The van der Waals surface area contributed by atoms with Crippen molar-refractivity contribution in [3.05, 3.63) is 59.8 Å². The Labute approximate surface area is 177 Å². The zero-order chi connectivity index (χ0) is 21.8. The fraction of sp³-hybridized carbons (Fsp3) is 0.318. The minimum Gasteiger partial charge on any atom is -0.468 e. The molecule has 4 rings (SSSR count). The van der Waals surface area contributed by atoms with E-state index in [-0.39, 0.29) is 18.3 Å². The van der Waals surface area contributed by atoms with Gasteiger partial charge in [-0.25, -0.2) is 9.97 Å². The SMILES string of the molecule is O=C(NCc1cccnc1OCC(F)(F)F)c1cc2ccccc2nc1N1CCCC1. The summed E-state index contributed by atoms with van der Waals surface area (Å²) in [7, 11) is 0. The fourth-order valence-electron chi connectivity index (χ4n) is 3.55. The standard InChI is InChI=1S/C22H21F3N4O2/c23-22(24,25)14-31-21-16(7-5-9-26-21)13-27-20(30)17-12-15-6-1-2-8-18(15)28-19(17)29-10-3-4-11-29/h1-2,5-9,12H,3-4,10-11,13-14H2,(H,27,30). The van der Waals surface area contributed by atoms with Gasteiger partial charge in [-0.3, -0.25) is 4.79 Å². The van der Waals surface area contributed by atoms with Gasteiger partial charge in [0.05, 0.1) is 11.1 Å². The molecule has 162 valence electrons. The van der Waals surface area contributed by atoms with E-state index in [4.69, 9.17) is 9.72 Å². The lowest BCUT2D eigenvalue weighted by molar-refractivity contribution is -0.154. The molecule has 0 spiro atoms. The molecule has 1 aromatic carbocycles. The topological polar surface area (TPSA) is 67.3 Å². The molecule has 1 amide bonds. The largest absolute Gasteiger partial charge is 0.468 e. The summed E-state index contributed by atoms with van der Waals surface area (Å²) >= 11 is 0. The number of hydrogen-bond donors (Lipinski definition) is 1. The lowest BCUT2D eigenvalue weighted by atomic mass is 10.1. The van der Waals surface area contributed by atoms with Crippen LogP contribution in [0.1, 0.15) is 28.8 Å². The highest BCUT2D eigenvalue weighted by atomic mass is 19.4. The Morgan fingerprint density at radius 2 is 1.90 bits per heavy atom. The maximum absolute atomic E-state index is 13.0. The second kappa shape index (κ2) is 8.79. The first-order valence-electron chi connectivity index (χ1n) is 9.97. The summed E-state index contributed by atoms with van der Waals surface area (Å²) in [6, 6.07) is 12.5. The van der Waals surface area contributed by atoms with Crippen molar-refractivity contribution >= 4 is 22.6 Å². The molecule has 0 radical (unpaired) electrons. The molecule has 31 heavy (non-hydrogen) atoms. The van der Waals surface area contributed by atoms with Gasteiger partial charge < -0.3 is 15.0 Å². The second-order valence-electron chi connectivity index (χ2n) is 7.30. The molecule has 6 nitrogen and oxygen atoms in total. The molecule has 1 saturated heterocycles. The van der Waals surface area contributed by atoms with E-state index in [1.807, 2.05) is 24.3 Å². The van der Waals surface area contributed by atoms with Gasteiger partial charge in [-0.1, -0.05) is 24.3 Å². The first-order valence-corrected chi connectivity index (χ1v) is 9.97. The van der Waals surface area contributed by atoms with E-state index in [1.54, 1.807) is 18.2 Å². The highest BCUT2D eigenvalue weighted by Gasteiger charge is 2.29. The molecule has 0 atom stereocenters. The van der Waals surface area contributed by atoms with Crippen LogP contribution < -0.4 is 15.0 Å². The molecule has 1 aliphatic heterocycles. The highest BCUT2D eigenvalue weighted by molar-refractivity contribution is 6.02. The number of anilines is 1. The summed E-state index contributed by atoms with van der Waals surface area (Å²) < 4.78 is 42.3. The van der Waals surface area contributed by atoms with Crippen molar-refractivity contribution in [2.75, 3.05) is 24.6 Å². The highest BCUT2D eigenvalue weighted by Crippen LogP contribution is 2.27. The second-order valence-corrected chi connectivity index (χ2v) is 7.30. The number of rotatable bonds is 6. The number of amides is 1. The molecule has 9 heteroatoms. The molecular weight excluding hydrogens is 409 g/mol. The number of carbonyl (C=O) groups is 1. The third-order valence-corrected chi connectivity index (χ3v) is 5.02. The Morgan fingerprint density at radius 1 is 1.13 bits per heavy atom. The van der Waals surface area contributed by atoms with E-state index in [9.17, 15) is 18.0 Å². The van der Waals surface area contributed by atoms with Gasteiger partial charge >= 0.3 is 6.18 Å². The van der Waals surface area contributed by atoms with E-state index in [0.717, 1.165) is 36.8 Å². The molecule has 3 heterocycles.